The van der Waals surface area contributed by atoms with Gasteiger partial charge in [0.25, 0.3) is 0 Å². The highest BCUT2D eigenvalue weighted by molar-refractivity contribution is 7.10. The zero-order valence-corrected chi connectivity index (χ0v) is 11.3. The quantitative estimate of drug-likeness (QED) is 0.794. The Labute approximate surface area is 119 Å². The molecule has 2 aromatic heterocycles. The van der Waals surface area contributed by atoms with E-state index in [0.29, 0.717) is 11.5 Å². The molecule has 3 aromatic rings. The summed E-state index contributed by atoms with van der Waals surface area (Å²) in [4.78, 5) is 15.3. The third-order valence-electron chi connectivity index (χ3n) is 2.85. The van der Waals surface area contributed by atoms with Crippen LogP contribution >= 0.6 is 11.3 Å². The maximum Gasteiger partial charge on any atom is 0.338 e. The van der Waals surface area contributed by atoms with Gasteiger partial charge in [0.2, 0.25) is 0 Å². The molecule has 2 heterocycles. The molecule has 3 rings (SSSR count). The number of furan rings is 1. The van der Waals surface area contributed by atoms with Gasteiger partial charge in [-0.25, -0.2) is 9.78 Å². The van der Waals surface area contributed by atoms with Gasteiger partial charge in [-0.3, -0.25) is 0 Å². The molecule has 100 valence electrons. The average Bonchev–Trinajstić information content (AvgIpc) is 3.08. The van der Waals surface area contributed by atoms with Crippen molar-refractivity contribution >= 4 is 17.3 Å². The average molecular weight is 285 g/mol. The molecule has 0 fully saturated rings. The molecule has 0 saturated heterocycles. The fourth-order valence-corrected chi connectivity index (χ4v) is 2.68. The number of thiazole rings is 1. The summed E-state index contributed by atoms with van der Waals surface area (Å²) in [7, 11) is 0. The zero-order valence-electron chi connectivity index (χ0n) is 10.4. The number of hydrogen-bond acceptors (Lipinski definition) is 4. The van der Waals surface area contributed by atoms with E-state index in [2.05, 4.69) is 17.1 Å². The van der Waals surface area contributed by atoms with Crippen molar-refractivity contribution in [1.82, 2.24) is 4.98 Å². The lowest BCUT2D eigenvalue weighted by atomic mass is 10.2. The minimum absolute atomic E-state index is 0.137. The van der Waals surface area contributed by atoms with Crippen molar-refractivity contribution < 1.29 is 14.3 Å². The zero-order chi connectivity index (χ0) is 13.9. The molecule has 0 aliphatic rings. The molecule has 0 bridgehead atoms. The van der Waals surface area contributed by atoms with Crippen LogP contribution in [0.25, 0.3) is 11.5 Å². The summed E-state index contributed by atoms with van der Waals surface area (Å²) in [6, 6.07) is 11.6. The van der Waals surface area contributed by atoms with E-state index in [4.69, 9.17) is 9.52 Å². The first-order valence-electron chi connectivity index (χ1n) is 6.03. The van der Waals surface area contributed by atoms with Gasteiger partial charge in [0.15, 0.2) is 5.76 Å². The van der Waals surface area contributed by atoms with E-state index in [1.807, 2.05) is 23.6 Å². The van der Waals surface area contributed by atoms with Crippen LogP contribution in [0.15, 0.2) is 52.5 Å². The van der Waals surface area contributed by atoms with Crippen LogP contribution in [-0.4, -0.2) is 16.1 Å². The maximum atomic E-state index is 10.8. The largest absolute Gasteiger partial charge is 0.478 e. The number of carbonyl (C=O) groups is 1. The van der Waals surface area contributed by atoms with E-state index in [1.165, 1.54) is 29.2 Å². The summed E-state index contributed by atoms with van der Waals surface area (Å²) < 4.78 is 5.24. The Morgan fingerprint density at radius 1 is 1.30 bits per heavy atom. The van der Waals surface area contributed by atoms with Crippen LogP contribution < -0.4 is 0 Å². The Kier molecular flexibility index (Phi) is 3.35. The van der Waals surface area contributed by atoms with Crippen molar-refractivity contribution in [3.05, 3.63) is 64.2 Å². The first-order valence-corrected chi connectivity index (χ1v) is 6.91. The highest BCUT2D eigenvalue weighted by Crippen LogP contribution is 2.25. The molecule has 0 aliphatic carbocycles. The molecule has 0 aliphatic heterocycles. The molecule has 0 atom stereocenters. The van der Waals surface area contributed by atoms with Crippen molar-refractivity contribution in [2.24, 2.45) is 0 Å². The van der Waals surface area contributed by atoms with E-state index in [-0.39, 0.29) is 5.56 Å². The van der Waals surface area contributed by atoms with E-state index >= 15 is 0 Å². The van der Waals surface area contributed by atoms with E-state index < -0.39 is 5.97 Å². The van der Waals surface area contributed by atoms with Gasteiger partial charge >= 0.3 is 5.97 Å². The third kappa shape index (κ3) is 2.62. The van der Waals surface area contributed by atoms with Crippen LogP contribution in [0.1, 0.15) is 20.9 Å². The smallest absolute Gasteiger partial charge is 0.338 e. The van der Waals surface area contributed by atoms with Crippen molar-refractivity contribution in [1.29, 1.82) is 0 Å². The summed E-state index contributed by atoms with van der Waals surface area (Å²) in [6.07, 6.45) is 1.99. The van der Waals surface area contributed by atoms with E-state index in [0.717, 1.165) is 11.4 Å². The Balaban J connectivity index is 1.81. The Bertz CT molecular complexity index is 730. The van der Waals surface area contributed by atoms with Crippen LogP contribution in [0.4, 0.5) is 0 Å². The molecular formula is C15H11NO3S. The summed E-state index contributed by atoms with van der Waals surface area (Å²) in [5.74, 6) is -0.516. The van der Waals surface area contributed by atoms with Gasteiger partial charge in [0.1, 0.15) is 12.0 Å². The highest BCUT2D eigenvalue weighted by atomic mass is 32.1. The minimum Gasteiger partial charge on any atom is -0.478 e. The number of benzene rings is 1. The summed E-state index contributed by atoms with van der Waals surface area (Å²) in [6.45, 7) is 0. The number of nitrogens with zero attached hydrogens (tertiary/aromatic N) is 1. The lowest BCUT2D eigenvalue weighted by molar-refractivity contribution is 0.0696. The number of hydrogen-bond donors (Lipinski definition) is 1. The number of carboxylic acids is 1. The monoisotopic (exact) mass is 285 g/mol. The molecule has 0 amide bonds. The Hall–Kier alpha value is -2.40. The van der Waals surface area contributed by atoms with Crippen molar-refractivity contribution in [2.45, 2.75) is 6.42 Å². The number of aromatic nitrogens is 1. The van der Waals surface area contributed by atoms with Gasteiger partial charge in [-0.15, -0.1) is 11.3 Å². The summed E-state index contributed by atoms with van der Waals surface area (Å²) >= 11 is 1.54. The predicted octanol–water partition coefficient (Wildman–Crippen LogP) is 3.69. The Morgan fingerprint density at radius 2 is 2.10 bits per heavy atom. The van der Waals surface area contributed by atoms with Gasteiger partial charge in [-0.2, -0.15) is 0 Å². The second kappa shape index (κ2) is 5.30. The summed E-state index contributed by atoms with van der Waals surface area (Å²) in [5, 5.41) is 11.7. The molecule has 20 heavy (non-hydrogen) atoms. The van der Waals surface area contributed by atoms with Crippen LogP contribution in [0.5, 0.6) is 0 Å². The molecule has 0 radical (unpaired) electrons. The minimum atomic E-state index is -1.00. The molecule has 4 nitrogen and oxygen atoms in total. The molecule has 0 saturated carbocycles. The lowest BCUT2D eigenvalue weighted by Gasteiger charge is -1.96. The fraction of sp³-hybridized carbons (Fsp3) is 0.0667. The first-order chi connectivity index (χ1) is 9.72. The summed E-state index contributed by atoms with van der Waals surface area (Å²) in [5.41, 5.74) is 2.00. The third-order valence-corrected chi connectivity index (χ3v) is 3.70. The van der Waals surface area contributed by atoms with Crippen molar-refractivity contribution in [3.8, 4) is 11.5 Å². The van der Waals surface area contributed by atoms with Gasteiger partial charge in [0, 0.05) is 17.9 Å². The number of carboxylic acid groups (broad SMARTS) is 1. The molecule has 0 unspecified atom stereocenters. The van der Waals surface area contributed by atoms with Gasteiger partial charge in [-0.05, 0) is 5.56 Å². The van der Waals surface area contributed by atoms with Gasteiger partial charge < -0.3 is 9.52 Å². The van der Waals surface area contributed by atoms with Crippen LogP contribution in [-0.2, 0) is 6.42 Å². The van der Waals surface area contributed by atoms with Crippen LogP contribution in [0.3, 0.4) is 0 Å². The first kappa shape index (κ1) is 12.6. The van der Waals surface area contributed by atoms with E-state index in [1.54, 1.807) is 0 Å². The number of aromatic carboxylic acids is 1. The standard InChI is InChI=1S/C15H11NO3S/c17-15(18)11-7-13(19-8-11)12-9-20-14(16-12)6-10-4-2-1-3-5-10/h1-5,7-9H,6H2,(H,17,18). The second-order valence-corrected chi connectivity index (χ2v) is 5.24. The molecule has 1 N–H and O–H groups in total. The molecule has 5 heteroatoms. The predicted molar refractivity (Wildman–Crippen MR) is 76.0 cm³/mol. The second-order valence-electron chi connectivity index (χ2n) is 4.29. The van der Waals surface area contributed by atoms with E-state index in [9.17, 15) is 4.79 Å². The lowest BCUT2D eigenvalue weighted by Crippen LogP contribution is -1.91. The Morgan fingerprint density at radius 3 is 2.80 bits per heavy atom. The normalized spacial score (nSPS) is 10.6. The van der Waals surface area contributed by atoms with Gasteiger partial charge in [-0.1, -0.05) is 30.3 Å². The number of rotatable bonds is 4. The fourth-order valence-electron chi connectivity index (χ4n) is 1.86. The topological polar surface area (TPSA) is 63.3 Å². The molecule has 0 spiro atoms. The molecular weight excluding hydrogens is 274 g/mol. The van der Waals surface area contributed by atoms with Crippen molar-refractivity contribution in [2.75, 3.05) is 0 Å². The highest BCUT2D eigenvalue weighted by Gasteiger charge is 2.12. The van der Waals surface area contributed by atoms with Crippen LogP contribution in [0.2, 0.25) is 0 Å². The van der Waals surface area contributed by atoms with Crippen LogP contribution in [0, 0.1) is 0 Å². The van der Waals surface area contributed by atoms with Crippen molar-refractivity contribution in [3.63, 3.8) is 0 Å². The van der Waals surface area contributed by atoms with Gasteiger partial charge in [0.05, 0.1) is 10.6 Å². The SMILES string of the molecule is O=C(O)c1coc(-c2csc(Cc3ccccc3)n2)c1. The maximum absolute atomic E-state index is 10.8. The molecule has 1 aromatic carbocycles.